The molecule has 43 heavy (non-hydrogen) atoms. The number of carbonyl (C=O) groups excluding carboxylic acids is 3. The number of nitrogens with one attached hydrogen (secondary N) is 2. The number of nitrogens with zero attached hydrogens (tertiary/aromatic N) is 1. The average molecular weight is 601 g/mol. The van der Waals surface area contributed by atoms with E-state index in [2.05, 4.69) is 22.4 Å². The standard InChI is InChI=1S/C34H36N4O4.ClH/c1-33(2,35)32(41)37-28(20-23-21-36-27-15-9-8-12-24(23)27)30(39)38-18-16-34(17-19-38)29(22-10-4-3-5-11-22)25-13-6-7-14-26(25)31(40)42-34;/h3-15,21,28-29,36H,16-20,35H2,1-2H3,(H,37,41);1H/t28?,29-;/m1./s1. The van der Waals surface area contributed by atoms with Gasteiger partial charge in [0.1, 0.15) is 11.6 Å². The zero-order valence-corrected chi connectivity index (χ0v) is 25.2. The van der Waals surface area contributed by atoms with Crippen LogP contribution in [0.15, 0.2) is 85.1 Å². The van der Waals surface area contributed by atoms with Crippen LogP contribution in [0.4, 0.5) is 0 Å². The highest BCUT2D eigenvalue weighted by atomic mass is 35.5. The molecule has 2 aliphatic heterocycles. The number of hydrogen-bond donors (Lipinski definition) is 3. The number of piperidine rings is 1. The summed E-state index contributed by atoms with van der Waals surface area (Å²) in [5.41, 5.74) is 8.69. The van der Waals surface area contributed by atoms with Crippen molar-refractivity contribution in [3.8, 4) is 0 Å². The maximum atomic E-state index is 14.1. The number of esters is 1. The van der Waals surface area contributed by atoms with Gasteiger partial charge in [-0.3, -0.25) is 9.59 Å². The lowest BCUT2D eigenvalue weighted by Crippen LogP contribution is -2.60. The molecule has 2 atom stereocenters. The van der Waals surface area contributed by atoms with Crippen LogP contribution in [0.25, 0.3) is 10.9 Å². The van der Waals surface area contributed by atoms with Gasteiger partial charge in [0.2, 0.25) is 11.8 Å². The van der Waals surface area contributed by atoms with Crippen molar-refractivity contribution >= 4 is 41.1 Å². The molecule has 0 bridgehead atoms. The first-order valence-corrected chi connectivity index (χ1v) is 14.5. The Kier molecular flexibility index (Phi) is 8.36. The summed E-state index contributed by atoms with van der Waals surface area (Å²) in [6, 6.07) is 24.8. The van der Waals surface area contributed by atoms with E-state index < -0.39 is 23.1 Å². The summed E-state index contributed by atoms with van der Waals surface area (Å²) < 4.78 is 6.27. The van der Waals surface area contributed by atoms with Gasteiger partial charge in [-0.25, -0.2) is 4.79 Å². The van der Waals surface area contributed by atoms with Gasteiger partial charge in [-0.15, -0.1) is 12.4 Å². The van der Waals surface area contributed by atoms with E-state index in [0.29, 0.717) is 37.9 Å². The van der Waals surface area contributed by atoms with E-state index in [1.807, 2.05) is 72.9 Å². The van der Waals surface area contributed by atoms with Crippen molar-refractivity contribution in [2.75, 3.05) is 13.1 Å². The van der Waals surface area contributed by atoms with Gasteiger partial charge in [0, 0.05) is 55.4 Å². The highest BCUT2D eigenvalue weighted by Gasteiger charge is 2.51. The third-order valence-corrected chi connectivity index (χ3v) is 8.66. The first-order chi connectivity index (χ1) is 20.2. The van der Waals surface area contributed by atoms with Crippen molar-refractivity contribution in [3.05, 3.63) is 107 Å². The number of aromatic nitrogens is 1. The van der Waals surface area contributed by atoms with Crippen LogP contribution in [-0.4, -0.2) is 57.9 Å². The molecule has 9 heteroatoms. The van der Waals surface area contributed by atoms with Gasteiger partial charge >= 0.3 is 5.97 Å². The van der Waals surface area contributed by atoms with Gasteiger partial charge < -0.3 is 25.7 Å². The molecule has 2 amide bonds. The molecule has 0 radical (unpaired) electrons. The summed E-state index contributed by atoms with van der Waals surface area (Å²) in [5.74, 6) is -1.04. The Morgan fingerprint density at radius 3 is 2.40 bits per heavy atom. The lowest BCUT2D eigenvalue weighted by molar-refractivity contribution is -0.141. The van der Waals surface area contributed by atoms with Crippen molar-refractivity contribution in [1.82, 2.24) is 15.2 Å². The number of rotatable bonds is 6. The number of aromatic amines is 1. The minimum atomic E-state index is -1.14. The van der Waals surface area contributed by atoms with Gasteiger partial charge in [-0.05, 0) is 42.7 Å². The molecule has 4 N–H and O–H groups in total. The first-order valence-electron chi connectivity index (χ1n) is 14.5. The third-order valence-electron chi connectivity index (χ3n) is 8.66. The van der Waals surface area contributed by atoms with Crippen LogP contribution in [0.3, 0.4) is 0 Å². The van der Waals surface area contributed by atoms with Crippen LogP contribution < -0.4 is 11.1 Å². The topological polar surface area (TPSA) is 118 Å². The van der Waals surface area contributed by atoms with Crippen molar-refractivity contribution in [2.45, 2.75) is 56.2 Å². The molecular weight excluding hydrogens is 564 g/mol. The van der Waals surface area contributed by atoms with Crippen molar-refractivity contribution in [3.63, 3.8) is 0 Å². The molecule has 224 valence electrons. The second kappa shape index (κ2) is 11.9. The number of ether oxygens (including phenoxy) is 1. The average Bonchev–Trinajstić information content (AvgIpc) is 3.39. The van der Waals surface area contributed by atoms with E-state index in [1.165, 1.54) is 0 Å². The molecule has 6 rings (SSSR count). The quantitative estimate of drug-likeness (QED) is 0.277. The Morgan fingerprint density at radius 1 is 1.02 bits per heavy atom. The highest BCUT2D eigenvalue weighted by Crippen LogP contribution is 2.48. The number of fused-ring (bicyclic) bond motifs is 2. The van der Waals surface area contributed by atoms with Gasteiger partial charge in [-0.1, -0.05) is 66.7 Å². The number of benzene rings is 3. The molecule has 2 aliphatic rings. The number of halogens is 1. The Balaban J connectivity index is 0.00000368. The molecular formula is C34H37ClN4O4. The van der Waals surface area contributed by atoms with Gasteiger partial charge in [0.25, 0.3) is 0 Å². The van der Waals surface area contributed by atoms with E-state index in [1.54, 1.807) is 18.7 Å². The molecule has 3 heterocycles. The van der Waals surface area contributed by atoms with Crippen molar-refractivity contribution < 1.29 is 19.1 Å². The smallest absolute Gasteiger partial charge is 0.339 e. The highest BCUT2D eigenvalue weighted by molar-refractivity contribution is 5.94. The maximum absolute atomic E-state index is 14.1. The minimum absolute atomic E-state index is 0. The molecule has 4 aromatic rings. The summed E-state index contributed by atoms with van der Waals surface area (Å²) in [5, 5.41) is 3.94. The molecule has 1 fully saturated rings. The predicted octanol–water partition coefficient (Wildman–Crippen LogP) is 4.72. The van der Waals surface area contributed by atoms with E-state index in [9.17, 15) is 14.4 Å². The number of nitrogens with two attached hydrogens (primary N) is 1. The van der Waals surface area contributed by atoms with Crippen LogP contribution >= 0.6 is 12.4 Å². The van der Waals surface area contributed by atoms with Gasteiger partial charge in [0.05, 0.1) is 11.1 Å². The van der Waals surface area contributed by atoms with Crippen LogP contribution in [0.5, 0.6) is 0 Å². The fourth-order valence-electron chi connectivity index (χ4n) is 6.43. The minimum Gasteiger partial charge on any atom is -0.454 e. The lowest BCUT2D eigenvalue weighted by atomic mass is 9.69. The van der Waals surface area contributed by atoms with Gasteiger partial charge in [0.15, 0.2) is 0 Å². The number of para-hydroxylation sites is 1. The summed E-state index contributed by atoms with van der Waals surface area (Å²) in [7, 11) is 0. The number of carbonyl (C=O) groups is 3. The van der Waals surface area contributed by atoms with Crippen LogP contribution in [0.1, 0.15) is 59.7 Å². The summed E-state index contributed by atoms with van der Waals surface area (Å²) in [6.45, 7) is 4.03. The lowest BCUT2D eigenvalue weighted by Gasteiger charge is -2.49. The largest absolute Gasteiger partial charge is 0.454 e. The Hall–Kier alpha value is -4.14. The fourth-order valence-corrected chi connectivity index (χ4v) is 6.43. The summed E-state index contributed by atoms with van der Waals surface area (Å²) >= 11 is 0. The Morgan fingerprint density at radius 2 is 1.67 bits per heavy atom. The first kappa shape index (κ1) is 30.3. The zero-order valence-electron chi connectivity index (χ0n) is 24.3. The summed E-state index contributed by atoms with van der Waals surface area (Å²) in [6.07, 6.45) is 3.17. The Labute approximate surface area is 257 Å². The normalized spacial score (nSPS) is 18.3. The molecule has 3 aromatic carbocycles. The molecule has 1 aromatic heterocycles. The molecule has 1 saturated heterocycles. The second-order valence-corrected chi connectivity index (χ2v) is 12.0. The maximum Gasteiger partial charge on any atom is 0.339 e. The monoisotopic (exact) mass is 600 g/mol. The van der Waals surface area contributed by atoms with Crippen LogP contribution in [0, 0.1) is 0 Å². The van der Waals surface area contributed by atoms with E-state index >= 15 is 0 Å². The molecule has 0 aliphatic carbocycles. The molecule has 1 spiro atoms. The molecule has 1 unspecified atom stereocenters. The number of amides is 2. The van der Waals surface area contributed by atoms with Crippen molar-refractivity contribution in [1.29, 1.82) is 0 Å². The number of H-pyrrole nitrogens is 1. The van der Waals surface area contributed by atoms with Crippen LogP contribution in [-0.2, 0) is 20.7 Å². The molecule has 8 nitrogen and oxygen atoms in total. The Bertz CT molecular complexity index is 1640. The second-order valence-electron chi connectivity index (χ2n) is 12.0. The summed E-state index contributed by atoms with van der Waals surface area (Å²) in [4.78, 5) is 45.3. The SMILES string of the molecule is CC(C)(N)C(=O)NC(Cc1c[nH]c2ccccc12)C(=O)N1CCC2(CC1)OC(=O)c1ccccc1[C@H]2c1ccccc1.Cl. The van der Waals surface area contributed by atoms with Crippen molar-refractivity contribution in [2.24, 2.45) is 5.73 Å². The van der Waals surface area contributed by atoms with Crippen LogP contribution in [0.2, 0.25) is 0 Å². The van der Waals surface area contributed by atoms with E-state index in [-0.39, 0.29) is 30.2 Å². The van der Waals surface area contributed by atoms with Gasteiger partial charge in [-0.2, -0.15) is 0 Å². The van der Waals surface area contributed by atoms with E-state index in [0.717, 1.165) is 27.6 Å². The predicted molar refractivity (Wildman–Crippen MR) is 168 cm³/mol. The fraction of sp³-hybridized carbons (Fsp3) is 0.324. The number of hydrogen-bond acceptors (Lipinski definition) is 5. The third kappa shape index (κ3) is 5.77. The molecule has 0 saturated carbocycles. The number of likely N-dealkylation sites (tertiary alicyclic amines) is 1. The zero-order chi connectivity index (χ0) is 29.5. The van der Waals surface area contributed by atoms with E-state index in [4.69, 9.17) is 10.5 Å².